The Morgan fingerprint density at radius 3 is 2.60 bits per heavy atom. The standard InChI is InChI=1S/C16H16F5NO3/c1-9(10-3-2-4-12(5-10)25-16(19,20)21)22-14(24)6-13(23)11-7-15(17,18)8-11/h2-6,9,11,23H,7-8H2,1H3,(H,22,24)/t9-/m0/s1. The molecule has 0 spiro atoms. The van der Waals surface area contributed by atoms with Crippen LogP contribution in [0.4, 0.5) is 22.0 Å². The molecule has 0 aliphatic heterocycles. The van der Waals surface area contributed by atoms with E-state index in [1.807, 2.05) is 0 Å². The van der Waals surface area contributed by atoms with Gasteiger partial charge in [0.15, 0.2) is 0 Å². The number of alkyl halides is 5. The Labute approximate surface area is 140 Å². The Bertz CT molecular complexity index is 664. The summed E-state index contributed by atoms with van der Waals surface area (Å²) >= 11 is 0. The van der Waals surface area contributed by atoms with Gasteiger partial charge in [-0.3, -0.25) is 4.79 Å². The van der Waals surface area contributed by atoms with Crippen LogP contribution in [0.25, 0.3) is 0 Å². The SMILES string of the molecule is C[C@H](NC(=O)C=C(O)C1CC(F)(F)C1)c1cccc(OC(F)(F)F)c1. The van der Waals surface area contributed by atoms with E-state index in [2.05, 4.69) is 10.1 Å². The summed E-state index contributed by atoms with van der Waals surface area (Å²) < 4.78 is 65.9. The third kappa shape index (κ3) is 5.61. The van der Waals surface area contributed by atoms with Crippen LogP contribution in [0.5, 0.6) is 5.75 Å². The number of carbonyl (C=O) groups is 1. The van der Waals surface area contributed by atoms with Crippen molar-refractivity contribution in [2.45, 2.75) is 38.1 Å². The summed E-state index contributed by atoms with van der Waals surface area (Å²) in [6.07, 6.45) is -5.05. The third-order valence-electron chi connectivity index (χ3n) is 3.74. The van der Waals surface area contributed by atoms with Crippen molar-refractivity contribution in [2.75, 3.05) is 0 Å². The van der Waals surface area contributed by atoms with Crippen molar-refractivity contribution in [3.8, 4) is 5.75 Å². The molecule has 2 N–H and O–H groups in total. The normalized spacial score (nSPS) is 19.0. The first-order valence-electron chi connectivity index (χ1n) is 7.40. The van der Waals surface area contributed by atoms with E-state index in [9.17, 15) is 31.9 Å². The minimum absolute atomic E-state index is 0.346. The van der Waals surface area contributed by atoms with E-state index >= 15 is 0 Å². The van der Waals surface area contributed by atoms with E-state index in [1.165, 1.54) is 19.1 Å². The summed E-state index contributed by atoms with van der Waals surface area (Å²) in [6, 6.07) is 4.38. The molecule has 0 radical (unpaired) electrons. The summed E-state index contributed by atoms with van der Waals surface area (Å²) in [4.78, 5) is 11.8. The quantitative estimate of drug-likeness (QED) is 0.466. The molecule has 1 aliphatic rings. The van der Waals surface area contributed by atoms with Gasteiger partial charge in [-0.15, -0.1) is 13.2 Å². The summed E-state index contributed by atoms with van der Waals surface area (Å²) in [7, 11) is 0. The molecule has 138 valence electrons. The zero-order valence-electron chi connectivity index (χ0n) is 13.1. The zero-order chi connectivity index (χ0) is 18.8. The number of allylic oxidation sites excluding steroid dienone is 1. The lowest BCUT2D eigenvalue weighted by molar-refractivity contribution is -0.274. The topological polar surface area (TPSA) is 58.6 Å². The number of amides is 1. The molecule has 1 aromatic rings. The van der Waals surface area contributed by atoms with Crippen LogP contribution in [0.3, 0.4) is 0 Å². The van der Waals surface area contributed by atoms with E-state index < -0.39 is 54.5 Å². The van der Waals surface area contributed by atoms with Gasteiger partial charge in [0.05, 0.1) is 6.04 Å². The molecule has 1 saturated carbocycles. The van der Waals surface area contributed by atoms with Crippen LogP contribution in [-0.2, 0) is 4.79 Å². The first-order valence-corrected chi connectivity index (χ1v) is 7.40. The number of nitrogens with one attached hydrogen (secondary N) is 1. The highest BCUT2D eigenvalue weighted by atomic mass is 19.4. The van der Waals surface area contributed by atoms with E-state index in [1.54, 1.807) is 0 Å². The van der Waals surface area contributed by atoms with Crippen LogP contribution in [0.15, 0.2) is 36.1 Å². The van der Waals surface area contributed by atoms with Crippen molar-refractivity contribution >= 4 is 5.91 Å². The van der Waals surface area contributed by atoms with E-state index in [0.29, 0.717) is 5.56 Å². The monoisotopic (exact) mass is 365 g/mol. The second kappa shape index (κ2) is 6.89. The van der Waals surface area contributed by atoms with Gasteiger partial charge in [-0.25, -0.2) is 8.78 Å². The summed E-state index contributed by atoms with van der Waals surface area (Å²) in [5, 5.41) is 12.1. The minimum atomic E-state index is -4.83. The van der Waals surface area contributed by atoms with E-state index in [-0.39, 0.29) is 0 Å². The Balaban J connectivity index is 1.96. The highest BCUT2D eigenvalue weighted by Gasteiger charge is 2.47. The number of ether oxygens (including phenoxy) is 1. The zero-order valence-corrected chi connectivity index (χ0v) is 13.1. The van der Waals surface area contributed by atoms with Gasteiger partial charge < -0.3 is 15.2 Å². The average molecular weight is 365 g/mol. The van der Waals surface area contributed by atoms with Gasteiger partial charge in [0.2, 0.25) is 11.8 Å². The van der Waals surface area contributed by atoms with Crippen LogP contribution < -0.4 is 10.1 Å². The molecule has 25 heavy (non-hydrogen) atoms. The van der Waals surface area contributed by atoms with Gasteiger partial charge in [-0.05, 0) is 24.6 Å². The Morgan fingerprint density at radius 1 is 1.40 bits per heavy atom. The Hall–Kier alpha value is -2.32. The van der Waals surface area contributed by atoms with Crippen LogP contribution in [0, 0.1) is 5.92 Å². The Morgan fingerprint density at radius 2 is 2.04 bits per heavy atom. The Kier molecular flexibility index (Phi) is 5.24. The number of aliphatic hydroxyl groups is 1. The van der Waals surface area contributed by atoms with Crippen molar-refractivity contribution in [1.82, 2.24) is 5.32 Å². The molecule has 4 nitrogen and oxygen atoms in total. The van der Waals surface area contributed by atoms with Crippen molar-refractivity contribution in [3.63, 3.8) is 0 Å². The third-order valence-corrected chi connectivity index (χ3v) is 3.74. The van der Waals surface area contributed by atoms with Gasteiger partial charge in [-0.1, -0.05) is 12.1 Å². The molecular formula is C16H16F5NO3. The minimum Gasteiger partial charge on any atom is -0.512 e. The molecule has 0 bridgehead atoms. The van der Waals surface area contributed by atoms with Crippen LogP contribution in [0.2, 0.25) is 0 Å². The number of hydrogen-bond acceptors (Lipinski definition) is 3. The molecule has 9 heteroatoms. The van der Waals surface area contributed by atoms with Crippen LogP contribution >= 0.6 is 0 Å². The molecule has 0 heterocycles. The fourth-order valence-electron chi connectivity index (χ4n) is 2.44. The molecule has 1 aromatic carbocycles. The number of rotatable bonds is 5. The maximum Gasteiger partial charge on any atom is 0.573 e. The van der Waals surface area contributed by atoms with Crippen LogP contribution in [0.1, 0.15) is 31.4 Å². The molecule has 2 rings (SSSR count). The first kappa shape index (κ1) is 19.0. The molecule has 1 amide bonds. The smallest absolute Gasteiger partial charge is 0.512 e. The second-order valence-corrected chi connectivity index (χ2v) is 5.88. The van der Waals surface area contributed by atoms with Crippen molar-refractivity contribution in [1.29, 1.82) is 0 Å². The maximum absolute atomic E-state index is 12.7. The van der Waals surface area contributed by atoms with Gasteiger partial charge in [0.25, 0.3) is 0 Å². The molecule has 0 saturated heterocycles. The number of carbonyl (C=O) groups excluding carboxylic acids is 1. The lowest BCUT2D eigenvalue weighted by Crippen LogP contribution is -2.37. The molecule has 0 unspecified atom stereocenters. The highest BCUT2D eigenvalue weighted by molar-refractivity contribution is 5.88. The van der Waals surface area contributed by atoms with Gasteiger partial charge in [0.1, 0.15) is 11.5 Å². The number of benzene rings is 1. The van der Waals surface area contributed by atoms with E-state index in [0.717, 1.165) is 18.2 Å². The largest absolute Gasteiger partial charge is 0.573 e. The van der Waals surface area contributed by atoms with Gasteiger partial charge in [0, 0.05) is 24.8 Å². The molecule has 1 fully saturated rings. The fourth-order valence-corrected chi connectivity index (χ4v) is 2.44. The van der Waals surface area contributed by atoms with Crippen molar-refractivity contribution in [2.24, 2.45) is 5.92 Å². The number of hydrogen-bond donors (Lipinski definition) is 2. The lowest BCUT2D eigenvalue weighted by atomic mass is 9.80. The number of halogens is 5. The number of aliphatic hydroxyl groups excluding tert-OH is 1. The summed E-state index contributed by atoms with van der Waals surface area (Å²) in [5.41, 5.74) is 0.346. The fraction of sp³-hybridized carbons (Fsp3) is 0.438. The van der Waals surface area contributed by atoms with Crippen LogP contribution in [-0.4, -0.2) is 23.3 Å². The average Bonchev–Trinajstić information content (AvgIpc) is 2.42. The lowest BCUT2D eigenvalue weighted by Gasteiger charge is -2.34. The molecule has 0 aromatic heterocycles. The van der Waals surface area contributed by atoms with Gasteiger partial charge in [-0.2, -0.15) is 0 Å². The molecular weight excluding hydrogens is 349 g/mol. The van der Waals surface area contributed by atoms with Crippen molar-refractivity contribution < 1.29 is 36.6 Å². The maximum atomic E-state index is 12.7. The first-order chi connectivity index (χ1) is 11.5. The van der Waals surface area contributed by atoms with Crippen molar-refractivity contribution in [3.05, 3.63) is 41.7 Å². The van der Waals surface area contributed by atoms with E-state index in [4.69, 9.17) is 0 Å². The predicted octanol–water partition coefficient (Wildman–Crippen LogP) is 4.25. The second-order valence-electron chi connectivity index (χ2n) is 5.88. The predicted molar refractivity (Wildman–Crippen MR) is 78.1 cm³/mol. The molecule has 1 atom stereocenters. The summed E-state index contributed by atoms with van der Waals surface area (Å²) in [5.74, 6) is -5.19. The molecule has 1 aliphatic carbocycles. The summed E-state index contributed by atoms with van der Waals surface area (Å²) in [6.45, 7) is 1.52. The van der Waals surface area contributed by atoms with Gasteiger partial charge >= 0.3 is 6.36 Å². The highest BCUT2D eigenvalue weighted by Crippen LogP contribution is 2.45.